The third kappa shape index (κ3) is 5.49. The number of Topliss-reactive ketones (excluding diaryl/α,β-unsaturated/α-hetero) is 1. The highest BCUT2D eigenvalue weighted by molar-refractivity contribution is 7.91. The average molecular weight is 446 g/mol. The van der Waals surface area contributed by atoms with Gasteiger partial charge in [0.15, 0.2) is 15.6 Å². The molecule has 0 saturated heterocycles. The van der Waals surface area contributed by atoms with E-state index < -0.39 is 26.7 Å². The molecule has 3 aromatic rings. The third-order valence-electron chi connectivity index (χ3n) is 3.71. The quantitative estimate of drug-likeness (QED) is 0.535. The van der Waals surface area contributed by atoms with Crippen LogP contribution < -0.4 is 0 Å². The summed E-state index contributed by atoms with van der Waals surface area (Å²) in [6.45, 7) is 0. The molecule has 0 saturated carbocycles. The lowest BCUT2D eigenvalue weighted by molar-refractivity contribution is -0.117. The Hall–Kier alpha value is -2.04. The summed E-state index contributed by atoms with van der Waals surface area (Å²) in [5.74, 6) is -2.02. The SMILES string of the molecule is O=C(Cc1ccc(S(=O)(=O)CC(F)(F)F)cc1)Cc1nc(-c2cccs2)cs1. The smallest absolute Gasteiger partial charge is 0.299 e. The van der Waals surface area contributed by atoms with E-state index in [0.717, 1.165) is 22.7 Å². The van der Waals surface area contributed by atoms with E-state index in [4.69, 9.17) is 0 Å². The van der Waals surface area contributed by atoms with Gasteiger partial charge in [-0.25, -0.2) is 13.4 Å². The van der Waals surface area contributed by atoms with E-state index in [1.807, 2.05) is 22.9 Å². The van der Waals surface area contributed by atoms with Gasteiger partial charge in [-0.15, -0.1) is 22.7 Å². The van der Waals surface area contributed by atoms with Crippen molar-refractivity contribution in [1.29, 1.82) is 0 Å². The minimum Gasteiger partial charge on any atom is -0.299 e. The Balaban J connectivity index is 1.62. The number of aromatic nitrogens is 1. The number of thiazole rings is 1. The molecule has 0 spiro atoms. The normalized spacial score (nSPS) is 12.2. The molecule has 2 heterocycles. The summed E-state index contributed by atoms with van der Waals surface area (Å²) in [5, 5.41) is 4.50. The van der Waals surface area contributed by atoms with Gasteiger partial charge in [0.1, 0.15) is 10.8 Å². The van der Waals surface area contributed by atoms with Crippen LogP contribution in [0.1, 0.15) is 10.6 Å². The largest absolute Gasteiger partial charge is 0.403 e. The van der Waals surface area contributed by atoms with Gasteiger partial charge in [0, 0.05) is 11.8 Å². The number of halogens is 3. The van der Waals surface area contributed by atoms with Gasteiger partial charge in [0.25, 0.3) is 0 Å². The lowest BCUT2D eigenvalue weighted by atomic mass is 10.1. The molecule has 4 nitrogen and oxygen atoms in total. The Labute approximate surface area is 167 Å². The minimum absolute atomic E-state index is 0.0491. The first-order valence-corrected chi connectivity index (χ1v) is 11.4. The van der Waals surface area contributed by atoms with Crippen molar-refractivity contribution in [3.05, 3.63) is 57.7 Å². The van der Waals surface area contributed by atoms with Crippen molar-refractivity contribution in [2.45, 2.75) is 23.9 Å². The second kappa shape index (κ2) is 8.14. The van der Waals surface area contributed by atoms with E-state index in [2.05, 4.69) is 4.98 Å². The molecular weight excluding hydrogens is 431 g/mol. The van der Waals surface area contributed by atoms with Gasteiger partial charge < -0.3 is 0 Å². The highest BCUT2D eigenvalue weighted by Crippen LogP contribution is 2.26. The molecule has 0 fully saturated rings. The molecule has 0 unspecified atom stereocenters. The number of benzene rings is 1. The summed E-state index contributed by atoms with van der Waals surface area (Å²) in [6.07, 6.45) is -4.61. The fourth-order valence-corrected chi connectivity index (χ4v) is 5.23. The maximum atomic E-state index is 12.4. The summed E-state index contributed by atoms with van der Waals surface area (Å²) in [7, 11) is -4.45. The molecule has 10 heteroatoms. The van der Waals surface area contributed by atoms with E-state index in [9.17, 15) is 26.4 Å². The van der Waals surface area contributed by atoms with E-state index in [1.165, 1.54) is 23.5 Å². The first-order valence-electron chi connectivity index (χ1n) is 8.01. The van der Waals surface area contributed by atoms with E-state index in [0.29, 0.717) is 10.6 Å². The lowest BCUT2D eigenvalue weighted by Gasteiger charge is -2.08. The maximum Gasteiger partial charge on any atom is 0.403 e. The van der Waals surface area contributed by atoms with Crippen LogP contribution in [0.15, 0.2) is 52.1 Å². The summed E-state index contributed by atoms with van der Waals surface area (Å²) < 4.78 is 60.5. The topological polar surface area (TPSA) is 64.1 Å². The minimum atomic E-state index is -4.80. The van der Waals surface area contributed by atoms with Crippen molar-refractivity contribution in [2.24, 2.45) is 0 Å². The number of hydrogen-bond acceptors (Lipinski definition) is 6. The van der Waals surface area contributed by atoms with Gasteiger partial charge in [0.05, 0.1) is 21.9 Å². The number of rotatable bonds is 7. The van der Waals surface area contributed by atoms with Gasteiger partial charge in [0.2, 0.25) is 0 Å². The van der Waals surface area contributed by atoms with Crippen LogP contribution in [0, 0.1) is 0 Å². The number of carbonyl (C=O) groups excluding carboxylic acids is 1. The van der Waals surface area contributed by atoms with Gasteiger partial charge in [-0.05, 0) is 29.1 Å². The van der Waals surface area contributed by atoms with Crippen molar-refractivity contribution in [2.75, 3.05) is 5.75 Å². The first kappa shape index (κ1) is 20.7. The van der Waals surface area contributed by atoms with Gasteiger partial charge in [-0.2, -0.15) is 13.2 Å². The van der Waals surface area contributed by atoms with Crippen LogP contribution in [0.3, 0.4) is 0 Å². The molecule has 0 aliphatic rings. The second-order valence-electron chi connectivity index (χ2n) is 6.01. The monoisotopic (exact) mass is 445 g/mol. The van der Waals surface area contributed by atoms with Crippen LogP contribution in [0.4, 0.5) is 13.2 Å². The number of ketones is 1. The maximum absolute atomic E-state index is 12.4. The standard InChI is InChI=1S/C18H14F3NO3S3/c19-18(20,21)11-28(24,25)14-5-3-12(4-6-14)8-13(23)9-17-22-15(10-27-17)16-2-1-7-26-16/h1-7,10H,8-9,11H2. The molecule has 1 aromatic carbocycles. The number of carbonyl (C=O) groups is 1. The highest BCUT2D eigenvalue weighted by Gasteiger charge is 2.35. The molecule has 0 radical (unpaired) electrons. The van der Waals surface area contributed by atoms with Crippen molar-refractivity contribution >= 4 is 38.3 Å². The Morgan fingerprint density at radius 3 is 2.36 bits per heavy atom. The Morgan fingerprint density at radius 2 is 1.75 bits per heavy atom. The van der Waals surface area contributed by atoms with Crippen LogP contribution in [0.25, 0.3) is 10.6 Å². The summed E-state index contributed by atoms with van der Waals surface area (Å²) in [6, 6.07) is 8.78. The number of thiophene rings is 1. The van der Waals surface area contributed by atoms with Crippen molar-refractivity contribution in [1.82, 2.24) is 4.98 Å². The zero-order chi connectivity index (χ0) is 20.4. The lowest BCUT2D eigenvalue weighted by Crippen LogP contribution is -2.22. The molecule has 28 heavy (non-hydrogen) atoms. The number of nitrogens with zero attached hydrogens (tertiary/aromatic N) is 1. The molecule has 148 valence electrons. The van der Waals surface area contributed by atoms with Crippen LogP contribution in [-0.4, -0.2) is 31.1 Å². The molecule has 0 amide bonds. The Kier molecular flexibility index (Phi) is 6.01. The molecule has 0 aliphatic heterocycles. The van der Waals surface area contributed by atoms with Crippen LogP contribution in [0.2, 0.25) is 0 Å². The number of alkyl halides is 3. The molecular formula is C18H14F3NO3S3. The molecule has 0 aliphatic carbocycles. The number of sulfone groups is 1. The predicted octanol–water partition coefficient (Wildman–Crippen LogP) is 4.56. The zero-order valence-corrected chi connectivity index (χ0v) is 16.7. The fourth-order valence-electron chi connectivity index (χ4n) is 2.50. The van der Waals surface area contributed by atoms with Crippen molar-refractivity contribution < 1.29 is 26.4 Å². The van der Waals surface area contributed by atoms with Crippen LogP contribution in [-0.2, 0) is 27.5 Å². The fraction of sp³-hybridized carbons (Fsp3) is 0.222. The first-order chi connectivity index (χ1) is 13.1. The van der Waals surface area contributed by atoms with Crippen molar-refractivity contribution in [3.8, 4) is 10.6 Å². The molecule has 0 N–H and O–H groups in total. The van der Waals surface area contributed by atoms with Gasteiger partial charge in [-0.1, -0.05) is 18.2 Å². The van der Waals surface area contributed by atoms with E-state index >= 15 is 0 Å². The molecule has 0 atom stereocenters. The second-order valence-corrected chi connectivity index (χ2v) is 9.89. The zero-order valence-electron chi connectivity index (χ0n) is 14.3. The molecule has 2 aromatic heterocycles. The van der Waals surface area contributed by atoms with Crippen LogP contribution in [0.5, 0.6) is 0 Å². The predicted molar refractivity (Wildman–Crippen MR) is 102 cm³/mol. The average Bonchev–Trinajstić information content (AvgIpc) is 3.24. The molecule has 0 bridgehead atoms. The Morgan fingerprint density at radius 1 is 1.04 bits per heavy atom. The van der Waals surface area contributed by atoms with Gasteiger partial charge >= 0.3 is 6.18 Å². The van der Waals surface area contributed by atoms with E-state index in [-0.39, 0.29) is 18.6 Å². The van der Waals surface area contributed by atoms with E-state index in [1.54, 1.807) is 11.3 Å². The molecule has 3 rings (SSSR count). The van der Waals surface area contributed by atoms with Crippen LogP contribution >= 0.6 is 22.7 Å². The third-order valence-corrected chi connectivity index (χ3v) is 7.15. The summed E-state index contributed by atoms with van der Waals surface area (Å²) in [4.78, 5) is 17.3. The summed E-state index contributed by atoms with van der Waals surface area (Å²) >= 11 is 2.94. The Bertz CT molecular complexity index is 1050. The van der Waals surface area contributed by atoms with Gasteiger partial charge in [-0.3, -0.25) is 4.79 Å². The highest BCUT2D eigenvalue weighted by atomic mass is 32.2. The number of hydrogen-bond donors (Lipinski definition) is 0. The van der Waals surface area contributed by atoms with Crippen molar-refractivity contribution in [3.63, 3.8) is 0 Å². The summed E-state index contributed by atoms with van der Waals surface area (Å²) in [5.41, 5.74) is 1.35.